The topological polar surface area (TPSA) is 78.3 Å². The zero-order valence-corrected chi connectivity index (χ0v) is 9.30. The number of amides is 1. The summed E-state index contributed by atoms with van der Waals surface area (Å²) < 4.78 is 5.20. The lowest BCUT2D eigenvalue weighted by molar-refractivity contribution is -0.00342. The Morgan fingerprint density at radius 3 is 2.73 bits per heavy atom. The van der Waals surface area contributed by atoms with Gasteiger partial charge in [-0.3, -0.25) is 0 Å². The van der Waals surface area contributed by atoms with Crippen molar-refractivity contribution in [1.82, 2.24) is 4.90 Å². The number of likely N-dealkylation sites (tertiary alicyclic amines) is 1. The predicted octanol–water partition coefficient (Wildman–Crippen LogP) is 2.31. The molecule has 0 bridgehead atoms. The second-order valence-electron chi connectivity index (χ2n) is 4.53. The summed E-state index contributed by atoms with van der Waals surface area (Å²) in [5.74, 6) is 0. The minimum Gasteiger partial charge on any atom is -0.444 e. The number of azide groups is 1. The molecule has 1 saturated heterocycles. The van der Waals surface area contributed by atoms with E-state index in [2.05, 4.69) is 10.0 Å². The molecule has 0 aromatic rings. The molecule has 6 nitrogen and oxygen atoms in total. The molecule has 0 N–H and O–H groups in total. The van der Waals surface area contributed by atoms with E-state index in [1.54, 1.807) is 4.90 Å². The second-order valence-corrected chi connectivity index (χ2v) is 4.53. The van der Waals surface area contributed by atoms with Crippen LogP contribution in [0.15, 0.2) is 5.11 Å². The molecule has 0 saturated carbocycles. The molecule has 0 radical (unpaired) electrons. The Balaban J connectivity index is 2.44. The summed E-state index contributed by atoms with van der Waals surface area (Å²) in [6, 6.07) is 0.00995. The Morgan fingerprint density at radius 1 is 1.67 bits per heavy atom. The van der Waals surface area contributed by atoms with Gasteiger partial charge in [0.1, 0.15) is 5.60 Å². The van der Waals surface area contributed by atoms with E-state index in [1.165, 1.54) is 0 Å². The summed E-state index contributed by atoms with van der Waals surface area (Å²) >= 11 is 0. The van der Waals surface area contributed by atoms with Crippen LogP contribution in [0.1, 0.15) is 27.2 Å². The van der Waals surface area contributed by atoms with Gasteiger partial charge in [0.05, 0.1) is 0 Å². The van der Waals surface area contributed by atoms with Crippen molar-refractivity contribution in [3.8, 4) is 0 Å². The van der Waals surface area contributed by atoms with Gasteiger partial charge in [0.2, 0.25) is 0 Å². The van der Waals surface area contributed by atoms with Gasteiger partial charge in [-0.1, -0.05) is 5.11 Å². The summed E-state index contributed by atoms with van der Waals surface area (Å²) in [6.45, 7) is 6.49. The number of nitrogens with zero attached hydrogens (tertiary/aromatic N) is 4. The lowest BCUT2D eigenvalue weighted by Crippen LogP contribution is -2.53. The molecule has 1 rings (SSSR count). The molecule has 1 fully saturated rings. The van der Waals surface area contributed by atoms with Crippen LogP contribution in [0, 0.1) is 0 Å². The van der Waals surface area contributed by atoms with Gasteiger partial charge in [-0.2, -0.15) is 0 Å². The van der Waals surface area contributed by atoms with Crippen molar-refractivity contribution in [1.29, 1.82) is 0 Å². The highest BCUT2D eigenvalue weighted by Gasteiger charge is 2.34. The third-order valence-corrected chi connectivity index (χ3v) is 2.13. The molecular formula is C9H16N4O2. The minimum absolute atomic E-state index is 0.00995. The van der Waals surface area contributed by atoms with Crippen LogP contribution in [0.2, 0.25) is 0 Å². The molecule has 84 valence electrons. The molecule has 6 heteroatoms. The van der Waals surface area contributed by atoms with Crippen molar-refractivity contribution >= 4 is 6.09 Å². The molecule has 1 amide bonds. The molecular weight excluding hydrogens is 196 g/mol. The average molecular weight is 212 g/mol. The van der Waals surface area contributed by atoms with Gasteiger partial charge in [-0.25, -0.2) is 4.79 Å². The fraction of sp³-hybridized carbons (Fsp3) is 0.889. The zero-order chi connectivity index (χ0) is 11.5. The smallest absolute Gasteiger partial charge is 0.410 e. The Hall–Kier alpha value is -1.42. The lowest BCUT2D eigenvalue weighted by atomic mass is 10.0. The van der Waals surface area contributed by atoms with E-state index in [9.17, 15) is 4.79 Å². The quantitative estimate of drug-likeness (QED) is 0.400. The Bertz CT molecular complexity index is 291. The first kappa shape index (κ1) is 11.7. The van der Waals surface area contributed by atoms with E-state index in [0.717, 1.165) is 6.42 Å². The molecule has 0 aromatic heterocycles. The average Bonchev–Trinajstić information content (AvgIpc) is 1.98. The first-order valence-corrected chi connectivity index (χ1v) is 4.94. The maximum atomic E-state index is 11.6. The van der Waals surface area contributed by atoms with Crippen LogP contribution in [0.25, 0.3) is 10.4 Å². The third kappa shape index (κ3) is 3.32. The van der Waals surface area contributed by atoms with Crippen molar-refractivity contribution in [2.75, 3.05) is 13.1 Å². The van der Waals surface area contributed by atoms with Gasteiger partial charge >= 0.3 is 6.09 Å². The van der Waals surface area contributed by atoms with E-state index in [4.69, 9.17) is 10.3 Å². The van der Waals surface area contributed by atoms with Gasteiger partial charge in [0.15, 0.2) is 0 Å². The largest absolute Gasteiger partial charge is 0.444 e. The summed E-state index contributed by atoms with van der Waals surface area (Å²) in [5, 5.41) is 3.45. The summed E-state index contributed by atoms with van der Waals surface area (Å²) in [6.07, 6.45) is 0.546. The number of carbonyl (C=O) groups is 1. The van der Waals surface area contributed by atoms with E-state index in [-0.39, 0.29) is 12.1 Å². The van der Waals surface area contributed by atoms with Gasteiger partial charge in [0, 0.05) is 24.0 Å². The molecule has 0 spiro atoms. The zero-order valence-electron chi connectivity index (χ0n) is 9.30. The highest BCUT2D eigenvalue weighted by Crippen LogP contribution is 2.21. The molecule has 1 unspecified atom stereocenters. The fourth-order valence-electron chi connectivity index (χ4n) is 1.32. The number of hydrogen-bond donors (Lipinski definition) is 0. The van der Waals surface area contributed by atoms with Crippen LogP contribution in [-0.2, 0) is 4.74 Å². The Kier molecular flexibility index (Phi) is 3.42. The molecule has 1 heterocycles. The summed E-state index contributed by atoms with van der Waals surface area (Å²) in [7, 11) is 0. The van der Waals surface area contributed by atoms with E-state index < -0.39 is 5.60 Å². The number of hydrogen-bond acceptors (Lipinski definition) is 3. The van der Waals surface area contributed by atoms with Crippen molar-refractivity contribution in [2.45, 2.75) is 38.8 Å². The van der Waals surface area contributed by atoms with Crippen molar-refractivity contribution in [2.24, 2.45) is 5.11 Å². The highest BCUT2D eigenvalue weighted by molar-refractivity contribution is 5.69. The molecule has 1 aliphatic rings. The maximum Gasteiger partial charge on any atom is 0.410 e. The lowest BCUT2D eigenvalue weighted by Gasteiger charge is -2.40. The van der Waals surface area contributed by atoms with Crippen molar-refractivity contribution in [3.63, 3.8) is 0 Å². The van der Waals surface area contributed by atoms with Crippen LogP contribution < -0.4 is 0 Å². The normalized spacial score (nSPS) is 20.2. The molecule has 0 aromatic carbocycles. The number of carbonyl (C=O) groups excluding carboxylic acids is 1. The van der Waals surface area contributed by atoms with E-state index >= 15 is 0 Å². The van der Waals surface area contributed by atoms with Crippen molar-refractivity contribution < 1.29 is 9.53 Å². The minimum atomic E-state index is -0.476. The van der Waals surface area contributed by atoms with E-state index in [1.807, 2.05) is 20.8 Å². The first-order valence-electron chi connectivity index (χ1n) is 4.94. The van der Waals surface area contributed by atoms with Gasteiger partial charge in [-0.15, -0.1) is 0 Å². The first-order chi connectivity index (χ1) is 6.94. The number of ether oxygens (including phenoxy) is 1. The van der Waals surface area contributed by atoms with E-state index in [0.29, 0.717) is 13.1 Å². The molecule has 1 aliphatic heterocycles. The maximum absolute atomic E-state index is 11.6. The highest BCUT2D eigenvalue weighted by atomic mass is 16.6. The summed E-state index contributed by atoms with van der Waals surface area (Å²) in [5.41, 5.74) is 7.69. The monoisotopic (exact) mass is 212 g/mol. The SMILES string of the molecule is CC(C)(C)OC(=O)N1CCC1CN=[N+]=[N-]. The molecule has 0 aliphatic carbocycles. The van der Waals surface area contributed by atoms with Crippen LogP contribution in [0.3, 0.4) is 0 Å². The summed E-state index contributed by atoms with van der Waals surface area (Å²) in [4.78, 5) is 15.9. The van der Waals surface area contributed by atoms with Gasteiger partial charge < -0.3 is 9.64 Å². The Labute approximate surface area is 88.8 Å². The van der Waals surface area contributed by atoms with Gasteiger partial charge in [-0.05, 0) is 32.7 Å². The van der Waals surface area contributed by atoms with Crippen LogP contribution in [-0.4, -0.2) is 35.7 Å². The second kappa shape index (κ2) is 4.40. The van der Waals surface area contributed by atoms with Crippen LogP contribution in [0.5, 0.6) is 0 Å². The van der Waals surface area contributed by atoms with Gasteiger partial charge in [0.25, 0.3) is 0 Å². The van der Waals surface area contributed by atoms with Crippen molar-refractivity contribution in [3.05, 3.63) is 10.4 Å². The number of rotatable bonds is 2. The molecule has 15 heavy (non-hydrogen) atoms. The standard InChI is InChI=1S/C9H16N4O2/c1-9(2,3)15-8(14)13-5-4-7(13)6-11-12-10/h7H,4-6H2,1-3H3. The fourth-order valence-corrected chi connectivity index (χ4v) is 1.32. The predicted molar refractivity (Wildman–Crippen MR) is 55.4 cm³/mol. The Morgan fingerprint density at radius 2 is 2.33 bits per heavy atom. The van der Waals surface area contributed by atoms with Crippen LogP contribution in [0.4, 0.5) is 4.79 Å². The molecule has 1 atom stereocenters. The van der Waals surface area contributed by atoms with Crippen LogP contribution >= 0.6 is 0 Å². The third-order valence-electron chi connectivity index (χ3n) is 2.13.